The van der Waals surface area contributed by atoms with Gasteiger partial charge in [-0.2, -0.15) is 0 Å². The van der Waals surface area contributed by atoms with Crippen LogP contribution in [0.25, 0.3) is 0 Å². The lowest BCUT2D eigenvalue weighted by molar-refractivity contribution is -0.0883. The molecule has 2 saturated heterocycles. The Labute approximate surface area is 178 Å². The lowest BCUT2D eigenvalue weighted by Gasteiger charge is -2.27. The summed E-state index contributed by atoms with van der Waals surface area (Å²) in [7, 11) is -1.94. The number of methoxy groups -OCH3 is 1. The molecule has 0 bridgehead atoms. The van der Waals surface area contributed by atoms with E-state index in [1.165, 1.54) is 4.90 Å². The lowest BCUT2D eigenvalue weighted by atomic mass is 9.94. The second kappa shape index (κ2) is 8.82. The summed E-state index contributed by atoms with van der Waals surface area (Å²) >= 11 is 0. The number of benzene rings is 1. The van der Waals surface area contributed by atoms with Gasteiger partial charge >= 0.3 is 6.09 Å². The first-order chi connectivity index (χ1) is 14.1. The van der Waals surface area contributed by atoms with Crippen LogP contribution in [0.15, 0.2) is 35.2 Å². The number of sulfone groups is 1. The third kappa shape index (κ3) is 4.64. The Hall–Kier alpha value is -1.68. The highest BCUT2D eigenvalue weighted by atomic mass is 32.2. The van der Waals surface area contributed by atoms with Crippen LogP contribution in [0.2, 0.25) is 0 Å². The van der Waals surface area contributed by atoms with E-state index in [0.717, 1.165) is 0 Å². The molecule has 1 amide bonds. The molecule has 2 heterocycles. The summed E-state index contributed by atoms with van der Waals surface area (Å²) in [4.78, 5) is 13.0. The van der Waals surface area contributed by atoms with Gasteiger partial charge in [0.1, 0.15) is 5.72 Å². The van der Waals surface area contributed by atoms with Crippen LogP contribution in [0.5, 0.6) is 0 Å². The molecule has 0 aromatic heterocycles. The first kappa shape index (κ1) is 23.0. The van der Waals surface area contributed by atoms with Crippen LogP contribution in [-0.4, -0.2) is 74.1 Å². The van der Waals surface area contributed by atoms with Gasteiger partial charge < -0.3 is 19.3 Å². The minimum Gasteiger partial charge on any atom is -0.465 e. The molecule has 168 valence electrons. The minimum absolute atomic E-state index is 0.0667. The molecule has 3 rings (SSSR count). The largest absolute Gasteiger partial charge is 0.465 e. The molecule has 2 aliphatic heterocycles. The Morgan fingerprint density at radius 3 is 2.47 bits per heavy atom. The quantitative estimate of drug-likeness (QED) is 0.694. The van der Waals surface area contributed by atoms with E-state index in [9.17, 15) is 18.3 Å². The van der Waals surface area contributed by atoms with Gasteiger partial charge in [-0.1, -0.05) is 25.1 Å². The summed E-state index contributed by atoms with van der Waals surface area (Å²) in [5.41, 5.74) is -0.919. The molecule has 0 spiro atoms. The van der Waals surface area contributed by atoms with Crippen molar-refractivity contribution < 1.29 is 32.5 Å². The molecule has 1 aromatic carbocycles. The molecule has 1 aromatic rings. The molecule has 1 unspecified atom stereocenters. The van der Waals surface area contributed by atoms with E-state index in [2.05, 4.69) is 0 Å². The fourth-order valence-electron chi connectivity index (χ4n) is 4.61. The second-order valence-electron chi connectivity index (χ2n) is 8.40. The van der Waals surface area contributed by atoms with Crippen LogP contribution < -0.4 is 0 Å². The SMILES string of the molecule is CCC1O[C@H](C[C@H]2CN(C(=O)O)C(C)(C)O2)[C@H](OC)[C@H]1CS(=O)(=O)c1ccccc1. The monoisotopic (exact) mass is 441 g/mol. The van der Waals surface area contributed by atoms with Crippen molar-refractivity contribution in [1.82, 2.24) is 4.90 Å². The van der Waals surface area contributed by atoms with Crippen molar-refractivity contribution in [2.24, 2.45) is 5.92 Å². The van der Waals surface area contributed by atoms with Crippen molar-refractivity contribution in [1.29, 1.82) is 0 Å². The average Bonchev–Trinajstić information content (AvgIpc) is 3.17. The van der Waals surface area contributed by atoms with E-state index in [1.807, 2.05) is 6.92 Å². The zero-order valence-corrected chi connectivity index (χ0v) is 18.7. The third-order valence-corrected chi connectivity index (χ3v) is 7.84. The van der Waals surface area contributed by atoms with E-state index in [-0.39, 0.29) is 41.4 Å². The van der Waals surface area contributed by atoms with Gasteiger partial charge in [0.15, 0.2) is 9.84 Å². The zero-order chi connectivity index (χ0) is 22.1. The van der Waals surface area contributed by atoms with Crippen LogP contribution in [0.3, 0.4) is 0 Å². The van der Waals surface area contributed by atoms with Crippen LogP contribution in [0.4, 0.5) is 4.79 Å². The number of hydrogen-bond acceptors (Lipinski definition) is 6. The van der Waals surface area contributed by atoms with Gasteiger partial charge in [-0.25, -0.2) is 13.2 Å². The van der Waals surface area contributed by atoms with Crippen LogP contribution in [-0.2, 0) is 24.0 Å². The second-order valence-corrected chi connectivity index (χ2v) is 10.4. The van der Waals surface area contributed by atoms with Crippen LogP contribution >= 0.6 is 0 Å². The van der Waals surface area contributed by atoms with Crippen molar-refractivity contribution in [2.45, 2.75) is 68.6 Å². The Morgan fingerprint density at radius 1 is 1.27 bits per heavy atom. The molecule has 2 aliphatic rings. The normalized spacial score (nSPS) is 31.2. The number of nitrogens with zero attached hydrogens (tertiary/aromatic N) is 1. The molecule has 2 fully saturated rings. The molecule has 8 nitrogen and oxygen atoms in total. The van der Waals surface area contributed by atoms with Gasteiger partial charge in [0.25, 0.3) is 0 Å². The molecule has 9 heteroatoms. The van der Waals surface area contributed by atoms with Crippen molar-refractivity contribution in [3.63, 3.8) is 0 Å². The van der Waals surface area contributed by atoms with Crippen molar-refractivity contribution in [2.75, 3.05) is 19.4 Å². The highest BCUT2D eigenvalue weighted by molar-refractivity contribution is 7.91. The maximum atomic E-state index is 13.0. The molecule has 1 N–H and O–H groups in total. The minimum atomic E-state index is -3.50. The Kier molecular flexibility index (Phi) is 6.76. The van der Waals surface area contributed by atoms with Gasteiger partial charge in [0.2, 0.25) is 0 Å². The maximum absolute atomic E-state index is 13.0. The molecule has 0 aliphatic carbocycles. The topological polar surface area (TPSA) is 102 Å². The summed E-state index contributed by atoms with van der Waals surface area (Å²) in [6, 6.07) is 8.39. The average molecular weight is 442 g/mol. The molecule has 0 saturated carbocycles. The summed E-state index contributed by atoms with van der Waals surface area (Å²) in [6.07, 6.45) is -1.33. The van der Waals surface area contributed by atoms with E-state index >= 15 is 0 Å². The van der Waals surface area contributed by atoms with E-state index in [1.54, 1.807) is 51.3 Å². The highest BCUT2D eigenvalue weighted by Gasteiger charge is 2.49. The van der Waals surface area contributed by atoms with Gasteiger partial charge in [-0.15, -0.1) is 0 Å². The number of carboxylic acid groups (broad SMARTS) is 1. The lowest BCUT2D eigenvalue weighted by Crippen LogP contribution is -2.42. The smallest absolute Gasteiger partial charge is 0.409 e. The Bertz CT molecular complexity index is 842. The van der Waals surface area contributed by atoms with Gasteiger partial charge in [-0.05, 0) is 32.4 Å². The first-order valence-corrected chi connectivity index (χ1v) is 11.9. The fraction of sp³-hybridized carbons (Fsp3) is 0.667. The number of hydrogen-bond donors (Lipinski definition) is 1. The Morgan fingerprint density at radius 2 is 1.93 bits per heavy atom. The Balaban J connectivity index is 1.75. The number of carbonyl (C=O) groups is 1. The van der Waals surface area contributed by atoms with E-state index in [0.29, 0.717) is 12.8 Å². The summed E-state index contributed by atoms with van der Waals surface area (Å²) in [5.74, 6) is -0.386. The molecule has 5 atom stereocenters. The highest BCUT2D eigenvalue weighted by Crippen LogP contribution is 2.38. The van der Waals surface area contributed by atoms with Gasteiger partial charge in [0, 0.05) is 19.4 Å². The van der Waals surface area contributed by atoms with Gasteiger partial charge in [-0.3, -0.25) is 4.90 Å². The molecular formula is C21H31NO7S. The van der Waals surface area contributed by atoms with Crippen molar-refractivity contribution in [3.05, 3.63) is 30.3 Å². The number of ether oxygens (including phenoxy) is 3. The zero-order valence-electron chi connectivity index (χ0n) is 17.9. The predicted molar refractivity (Wildman–Crippen MR) is 110 cm³/mol. The maximum Gasteiger partial charge on any atom is 0.409 e. The molecule has 0 radical (unpaired) electrons. The van der Waals surface area contributed by atoms with E-state index in [4.69, 9.17) is 14.2 Å². The molecule has 30 heavy (non-hydrogen) atoms. The van der Waals surface area contributed by atoms with Gasteiger partial charge in [0.05, 0.1) is 41.6 Å². The number of amides is 1. The van der Waals surface area contributed by atoms with Crippen LogP contribution in [0.1, 0.15) is 33.6 Å². The number of rotatable bonds is 7. The van der Waals surface area contributed by atoms with Crippen molar-refractivity contribution >= 4 is 15.9 Å². The summed E-state index contributed by atoms with van der Waals surface area (Å²) in [5, 5.41) is 9.41. The van der Waals surface area contributed by atoms with E-state index < -0.39 is 27.8 Å². The summed E-state index contributed by atoms with van der Waals surface area (Å²) in [6.45, 7) is 5.63. The molecular weight excluding hydrogens is 410 g/mol. The van der Waals surface area contributed by atoms with Crippen LogP contribution in [0, 0.1) is 5.92 Å². The fourth-order valence-corrected chi connectivity index (χ4v) is 6.28. The van der Waals surface area contributed by atoms with Crippen molar-refractivity contribution in [3.8, 4) is 0 Å². The third-order valence-electron chi connectivity index (χ3n) is 6.02. The first-order valence-electron chi connectivity index (χ1n) is 10.2. The summed E-state index contributed by atoms with van der Waals surface area (Å²) < 4.78 is 43.8. The standard InChI is InChI=1S/C21H31NO7S/c1-5-17-16(13-30(25,26)15-9-7-6-8-10-15)19(27-4)18(28-17)11-14-12-22(20(23)24)21(2,3)29-14/h6-10,14,16-19H,5,11-13H2,1-4H3,(H,23,24)/t14-,16-,17?,18+,19+/m0/s1. The predicted octanol–water partition coefficient (Wildman–Crippen LogP) is 2.77.